The van der Waals surface area contributed by atoms with Gasteiger partial charge in [-0.05, 0) is 26.7 Å². The second kappa shape index (κ2) is 12.8. The molecule has 6 heteroatoms. The van der Waals surface area contributed by atoms with Crippen LogP contribution in [0.25, 0.3) is 0 Å². The van der Waals surface area contributed by atoms with Gasteiger partial charge in [0, 0.05) is 5.57 Å². The minimum absolute atomic E-state index is 0.0541. The fraction of sp³-hybridized carbons (Fsp3) is 0.765. The summed E-state index contributed by atoms with van der Waals surface area (Å²) in [6.07, 6.45) is 6.73. The molecule has 132 valence electrons. The Balaban J connectivity index is 4.28. The van der Waals surface area contributed by atoms with E-state index in [0.717, 1.165) is 19.3 Å². The third kappa shape index (κ3) is 10.6. The van der Waals surface area contributed by atoms with Gasteiger partial charge in [-0.1, -0.05) is 57.8 Å². The highest BCUT2D eigenvalue weighted by atomic mass is 16.2. The molecule has 0 spiro atoms. The topological polar surface area (TPSA) is 82.9 Å². The van der Waals surface area contributed by atoms with Crippen LogP contribution < -0.4 is 10.7 Å². The molecule has 0 saturated heterocycles. The predicted molar refractivity (Wildman–Crippen MR) is 92.9 cm³/mol. The number of unbranched alkanes of at least 4 members (excludes halogenated alkanes) is 4. The monoisotopic (exact) mass is 324 g/mol. The molecule has 2 N–H and O–H groups in total. The molecule has 0 aromatic carbocycles. The summed E-state index contributed by atoms with van der Waals surface area (Å²) < 4.78 is 0. The maximum Gasteiger partial charge on any atom is 0.248 e. The van der Waals surface area contributed by atoms with Crippen molar-refractivity contribution in [1.82, 2.24) is 10.7 Å². The number of nitrogens with one attached hydrogen (secondary N) is 2. The first kappa shape index (κ1) is 21.3. The molecule has 0 heterocycles. The summed E-state index contributed by atoms with van der Waals surface area (Å²) in [5.74, 6) is -0.187. The van der Waals surface area contributed by atoms with Crippen LogP contribution in [0.5, 0.6) is 0 Å². The molecule has 2 atom stereocenters. The molecule has 0 bridgehead atoms. The van der Waals surface area contributed by atoms with Crippen LogP contribution in [0.4, 0.5) is 0 Å². The van der Waals surface area contributed by atoms with Gasteiger partial charge < -0.3 is 5.32 Å². The van der Waals surface area contributed by atoms with E-state index in [4.69, 9.17) is 0 Å². The third-order valence-electron chi connectivity index (χ3n) is 3.57. The molecular weight excluding hydrogens is 292 g/mol. The maximum absolute atomic E-state index is 11.6. The zero-order chi connectivity index (χ0) is 17.7. The fourth-order valence-corrected chi connectivity index (χ4v) is 1.97. The number of nitrogens with zero attached hydrogens (tertiary/aromatic N) is 2. The average molecular weight is 324 g/mol. The van der Waals surface area contributed by atoms with Gasteiger partial charge >= 0.3 is 0 Å². The SMILES string of the molecule is C=C(C)C(=O)NC(CC)N=NNC(CCCCCCC)C(C)=O. The number of Topliss-reactive ketones (excluding diaryl/α,β-unsaturated/α-hetero) is 1. The standard InChI is InChI=1S/C17H32N4O2/c1-6-8-9-10-11-12-15(14(5)22)19-21-20-16(7-2)18-17(23)13(3)4/h15-16H,3,6-12H2,1-2,4-5H3,(H,18,23)(H,19,20). The van der Waals surface area contributed by atoms with Gasteiger partial charge in [-0.3, -0.25) is 15.0 Å². The van der Waals surface area contributed by atoms with E-state index in [-0.39, 0.29) is 17.7 Å². The number of carbonyl (C=O) groups excluding carboxylic acids is 2. The number of ketones is 1. The van der Waals surface area contributed by atoms with Crippen molar-refractivity contribution in [3.8, 4) is 0 Å². The van der Waals surface area contributed by atoms with Crippen molar-refractivity contribution < 1.29 is 9.59 Å². The summed E-state index contributed by atoms with van der Waals surface area (Å²) >= 11 is 0. The van der Waals surface area contributed by atoms with Crippen LogP contribution in [0.15, 0.2) is 22.5 Å². The van der Waals surface area contributed by atoms with Crippen LogP contribution >= 0.6 is 0 Å². The lowest BCUT2D eigenvalue weighted by atomic mass is 10.0. The predicted octanol–water partition coefficient (Wildman–Crippen LogP) is 3.69. The Kier molecular flexibility index (Phi) is 11.8. The largest absolute Gasteiger partial charge is 0.329 e. The second-order valence-electron chi connectivity index (χ2n) is 5.89. The van der Waals surface area contributed by atoms with E-state index >= 15 is 0 Å². The van der Waals surface area contributed by atoms with Crippen molar-refractivity contribution in [2.75, 3.05) is 0 Å². The number of hydrogen-bond acceptors (Lipinski definition) is 4. The van der Waals surface area contributed by atoms with Crippen LogP contribution in [0.1, 0.15) is 72.6 Å². The zero-order valence-corrected chi connectivity index (χ0v) is 15.0. The molecule has 1 amide bonds. The lowest BCUT2D eigenvalue weighted by Crippen LogP contribution is -2.35. The van der Waals surface area contributed by atoms with Crippen molar-refractivity contribution in [1.29, 1.82) is 0 Å². The first-order valence-corrected chi connectivity index (χ1v) is 8.54. The lowest BCUT2D eigenvalue weighted by molar-refractivity contribution is -0.119. The van der Waals surface area contributed by atoms with Crippen LogP contribution in [-0.2, 0) is 9.59 Å². The minimum Gasteiger partial charge on any atom is -0.329 e. The highest BCUT2D eigenvalue weighted by molar-refractivity contribution is 5.92. The van der Waals surface area contributed by atoms with Crippen LogP contribution in [0, 0.1) is 0 Å². The van der Waals surface area contributed by atoms with Crippen molar-refractivity contribution in [3.63, 3.8) is 0 Å². The first-order valence-electron chi connectivity index (χ1n) is 8.54. The van der Waals surface area contributed by atoms with Gasteiger partial charge in [-0.15, -0.1) is 5.11 Å². The van der Waals surface area contributed by atoms with Gasteiger partial charge in [0.15, 0.2) is 5.78 Å². The normalized spacial score (nSPS) is 13.6. The summed E-state index contributed by atoms with van der Waals surface area (Å²) in [5.41, 5.74) is 3.24. The van der Waals surface area contributed by atoms with Gasteiger partial charge in [-0.2, -0.15) is 0 Å². The molecule has 0 aromatic heterocycles. The van der Waals surface area contributed by atoms with E-state index < -0.39 is 6.17 Å². The third-order valence-corrected chi connectivity index (χ3v) is 3.57. The lowest BCUT2D eigenvalue weighted by Gasteiger charge is -2.14. The second-order valence-corrected chi connectivity index (χ2v) is 5.89. The molecular formula is C17H32N4O2. The maximum atomic E-state index is 11.6. The molecule has 6 nitrogen and oxygen atoms in total. The van der Waals surface area contributed by atoms with E-state index in [1.54, 1.807) is 13.8 Å². The van der Waals surface area contributed by atoms with E-state index in [1.165, 1.54) is 19.3 Å². The summed E-state index contributed by atoms with van der Waals surface area (Å²) in [7, 11) is 0. The Hall–Kier alpha value is -1.72. The summed E-state index contributed by atoms with van der Waals surface area (Å²) in [5, 5.41) is 10.6. The molecule has 0 aliphatic heterocycles. The summed E-state index contributed by atoms with van der Waals surface area (Å²) in [6, 6.07) is -0.310. The van der Waals surface area contributed by atoms with Gasteiger partial charge in [-0.25, -0.2) is 0 Å². The summed E-state index contributed by atoms with van der Waals surface area (Å²) in [6.45, 7) is 10.9. The molecule has 0 saturated carbocycles. The Bertz CT molecular complexity index is 407. The van der Waals surface area contributed by atoms with Crippen LogP contribution in [0.3, 0.4) is 0 Å². The highest BCUT2D eigenvalue weighted by Gasteiger charge is 2.13. The molecule has 0 rings (SSSR count). The quantitative estimate of drug-likeness (QED) is 0.234. The van der Waals surface area contributed by atoms with E-state index in [1.807, 2.05) is 6.92 Å². The number of rotatable bonds is 13. The molecule has 2 unspecified atom stereocenters. The fourth-order valence-electron chi connectivity index (χ4n) is 1.97. The number of carbonyl (C=O) groups is 2. The Morgan fingerprint density at radius 2 is 1.74 bits per heavy atom. The van der Waals surface area contributed by atoms with Crippen molar-refractivity contribution in [2.24, 2.45) is 10.3 Å². The van der Waals surface area contributed by atoms with Crippen LogP contribution in [0.2, 0.25) is 0 Å². The first-order chi connectivity index (χ1) is 10.9. The van der Waals surface area contributed by atoms with E-state index in [0.29, 0.717) is 12.0 Å². The molecule has 0 aromatic rings. The smallest absolute Gasteiger partial charge is 0.248 e. The van der Waals surface area contributed by atoms with E-state index in [9.17, 15) is 9.59 Å². The summed E-state index contributed by atoms with van der Waals surface area (Å²) in [4.78, 5) is 23.2. The minimum atomic E-state index is -0.413. The Morgan fingerprint density at radius 1 is 1.09 bits per heavy atom. The van der Waals surface area contributed by atoms with Crippen molar-refractivity contribution in [2.45, 2.75) is 84.8 Å². The van der Waals surface area contributed by atoms with E-state index in [2.05, 4.69) is 34.6 Å². The molecule has 0 radical (unpaired) electrons. The molecule has 23 heavy (non-hydrogen) atoms. The van der Waals surface area contributed by atoms with Gasteiger partial charge in [0.2, 0.25) is 5.91 Å². The Labute approximate surface area is 140 Å². The van der Waals surface area contributed by atoms with Gasteiger partial charge in [0.05, 0.1) is 0 Å². The highest BCUT2D eigenvalue weighted by Crippen LogP contribution is 2.08. The van der Waals surface area contributed by atoms with Crippen LogP contribution in [-0.4, -0.2) is 23.9 Å². The van der Waals surface area contributed by atoms with Gasteiger partial charge in [0.1, 0.15) is 12.2 Å². The van der Waals surface area contributed by atoms with Crippen molar-refractivity contribution in [3.05, 3.63) is 12.2 Å². The van der Waals surface area contributed by atoms with Crippen molar-refractivity contribution >= 4 is 11.7 Å². The molecule has 0 fully saturated rings. The number of amides is 1. The molecule has 0 aliphatic carbocycles. The molecule has 0 aliphatic rings. The van der Waals surface area contributed by atoms with Gasteiger partial charge in [0.25, 0.3) is 0 Å². The Morgan fingerprint density at radius 3 is 2.26 bits per heavy atom. The zero-order valence-electron chi connectivity index (χ0n) is 15.0. The average Bonchev–Trinajstić information content (AvgIpc) is 2.51. The number of hydrogen-bond donors (Lipinski definition) is 2.